The number of hydrogen-bond donors (Lipinski definition) is 0. The van der Waals surface area contributed by atoms with Gasteiger partial charge in [0.15, 0.2) is 5.78 Å². The Morgan fingerprint density at radius 1 is 1.53 bits per heavy atom. The van der Waals surface area contributed by atoms with Gasteiger partial charge >= 0.3 is 5.97 Å². The van der Waals surface area contributed by atoms with E-state index in [1.165, 1.54) is 7.11 Å². The van der Waals surface area contributed by atoms with Gasteiger partial charge in [-0.1, -0.05) is 13.8 Å². The summed E-state index contributed by atoms with van der Waals surface area (Å²) in [6.45, 7) is 4.55. The summed E-state index contributed by atoms with van der Waals surface area (Å²) in [4.78, 5) is 23.0. The first-order valence-corrected chi connectivity index (χ1v) is 5.72. The molecule has 1 heterocycles. The largest absolute Gasteiger partial charge is 0.469 e. The summed E-state index contributed by atoms with van der Waals surface area (Å²) < 4.78 is 6.27. The van der Waals surface area contributed by atoms with Crippen LogP contribution in [0.4, 0.5) is 0 Å². The Morgan fingerprint density at radius 2 is 2.24 bits per heavy atom. The Balaban J connectivity index is 2.64. The Kier molecular flexibility index (Phi) is 4.87. The average Bonchev–Trinajstić information content (AvgIpc) is 2.76. The molecular formula is C12H18N2O3. The average molecular weight is 238 g/mol. The van der Waals surface area contributed by atoms with Crippen LogP contribution in [0, 0.1) is 5.92 Å². The van der Waals surface area contributed by atoms with E-state index in [2.05, 4.69) is 9.84 Å². The first kappa shape index (κ1) is 13.4. The Morgan fingerprint density at radius 3 is 2.82 bits per heavy atom. The normalized spacial score (nSPS) is 12.2. The van der Waals surface area contributed by atoms with E-state index in [-0.39, 0.29) is 24.1 Å². The number of aromatic nitrogens is 2. The second kappa shape index (κ2) is 6.18. The molecule has 1 unspecified atom stereocenters. The smallest absolute Gasteiger partial charge is 0.306 e. The Labute approximate surface area is 101 Å². The van der Waals surface area contributed by atoms with E-state index in [1.54, 1.807) is 24.0 Å². The van der Waals surface area contributed by atoms with Crippen LogP contribution in [0.2, 0.25) is 0 Å². The summed E-state index contributed by atoms with van der Waals surface area (Å²) in [6, 6.07) is 0. The van der Waals surface area contributed by atoms with Gasteiger partial charge in [-0.3, -0.25) is 14.3 Å². The van der Waals surface area contributed by atoms with Gasteiger partial charge in [-0.15, -0.1) is 0 Å². The highest BCUT2D eigenvalue weighted by atomic mass is 16.5. The predicted octanol–water partition coefficient (Wildman–Crippen LogP) is 1.68. The highest BCUT2D eigenvalue weighted by Gasteiger charge is 2.20. The van der Waals surface area contributed by atoms with Crippen molar-refractivity contribution in [3.63, 3.8) is 0 Å². The van der Waals surface area contributed by atoms with Crippen molar-refractivity contribution in [1.29, 1.82) is 0 Å². The van der Waals surface area contributed by atoms with Crippen LogP contribution in [-0.4, -0.2) is 28.6 Å². The number of hydrogen-bond acceptors (Lipinski definition) is 4. The molecular weight excluding hydrogens is 220 g/mol. The van der Waals surface area contributed by atoms with E-state index in [1.807, 2.05) is 6.92 Å². The van der Waals surface area contributed by atoms with E-state index < -0.39 is 0 Å². The lowest BCUT2D eigenvalue weighted by Crippen LogP contribution is -2.16. The number of ketones is 1. The van der Waals surface area contributed by atoms with Gasteiger partial charge in [0, 0.05) is 18.7 Å². The monoisotopic (exact) mass is 238 g/mol. The Bertz CT molecular complexity index is 398. The van der Waals surface area contributed by atoms with Crippen LogP contribution in [0.5, 0.6) is 0 Å². The number of methoxy groups -OCH3 is 1. The maximum atomic E-state index is 12.0. The van der Waals surface area contributed by atoms with Crippen LogP contribution >= 0.6 is 0 Å². The maximum Gasteiger partial charge on any atom is 0.306 e. The SMILES string of the molecule is CCCn1cc(C(=O)C(C)CC(=O)OC)cn1. The third-order valence-corrected chi connectivity index (χ3v) is 2.52. The molecule has 0 fully saturated rings. The molecule has 0 aliphatic rings. The van der Waals surface area contributed by atoms with Crippen LogP contribution in [0.3, 0.4) is 0 Å². The molecule has 0 N–H and O–H groups in total. The molecule has 1 aromatic heterocycles. The molecule has 17 heavy (non-hydrogen) atoms. The molecule has 5 heteroatoms. The number of nitrogens with zero attached hydrogens (tertiary/aromatic N) is 2. The molecule has 5 nitrogen and oxygen atoms in total. The summed E-state index contributed by atoms with van der Waals surface area (Å²) in [5.41, 5.74) is 0.551. The number of carbonyl (C=O) groups excluding carboxylic acids is 2. The summed E-state index contributed by atoms with van der Waals surface area (Å²) in [5, 5.41) is 4.09. The molecule has 0 spiro atoms. The van der Waals surface area contributed by atoms with E-state index in [9.17, 15) is 9.59 Å². The highest BCUT2D eigenvalue weighted by Crippen LogP contribution is 2.12. The molecule has 0 amide bonds. The molecule has 1 atom stereocenters. The fraction of sp³-hybridized carbons (Fsp3) is 0.583. The number of aryl methyl sites for hydroxylation is 1. The van der Waals surface area contributed by atoms with Crippen molar-refractivity contribution in [2.24, 2.45) is 5.92 Å². The third kappa shape index (κ3) is 3.69. The number of carbonyl (C=O) groups is 2. The fourth-order valence-electron chi connectivity index (χ4n) is 1.55. The zero-order chi connectivity index (χ0) is 12.8. The lowest BCUT2D eigenvalue weighted by Gasteiger charge is -2.06. The minimum Gasteiger partial charge on any atom is -0.469 e. The van der Waals surface area contributed by atoms with E-state index in [0.29, 0.717) is 5.56 Å². The number of Topliss-reactive ketones (excluding diaryl/α,β-unsaturated/α-hetero) is 1. The molecule has 1 aromatic rings. The lowest BCUT2D eigenvalue weighted by atomic mass is 9.99. The topological polar surface area (TPSA) is 61.2 Å². The number of rotatable bonds is 6. The van der Waals surface area contributed by atoms with Crippen LogP contribution in [-0.2, 0) is 16.1 Å². The third-order valence-electron chi connectivity index (χ3n) is 2.52. The summed E-state index contributed by atoms with van der Waals surface area (Å²) in [5.74, 6) is -0.814. The second-order valence-electron chi connectivity index (χ2n) is 4.04. The van der Waals surface area contributed by atoms with Gasteiger partial charge in [0.1, 0.15) is 0 Å². The molecule has 0 aliphatic carbocycles. The van der Waals surface area contributed by atoms with E-state index in [0.717, 1.165) is 13.0 Å². The predicted molar refractivity (Wildman–Crippen MR) is 62.6 cm³/mol. The van der Waals surface area contributed by atoms with E-state index >= 15 is 0 Å². The zero-order valence-corrected chi connectivity index (χ0v) is 10.5. The number of esters is 1. The molecule has 94 valence electrons. The molecule has 1 rings (SSSR count). The molecule has 0 radical (unpaired) electrons. The lowest BCUT2D eigenvalue weighted by molar-refractivity contribution is -0.141. The van der Waals surface area contributed by atoms with Crippen molar-refractivity contribution in [1.82, 2.24) is 9.78 Å². The fourth-order valence-corrected chi connectivity index (χ4v) is 1.55. The van der Waals surface area contributed by atoms with Crippen molar-refractivity contribution in [2.75, 3.05) is 7.11 Å². The van der Waals surface area contributed by atoms with Gasteiger partial charge in [-0.2, -0.15) is 5.10 Å². The minimum absolute atomic E-state index is 0.0715. The number of ether oxygens (including phenoxy) is 1. The first-order chi connectivity index (χ1) is 8.08. The van der Waals surface area contributed by atoms with Crippen molar-refractivity contribution < 1.29 is 14.3 Å². The molecule has 0 saturated carbocycles. The molecule has 0 bridgehead atoms. The zero-order valence-electron chi connectivity index (χ0n) is 10.5. The van der Waals surface area contributed by atoms with Crippen molar-refractivity contribution in [2.45, 2.75) is 33.2 Å². The maximum absolute atomic E-state index is 12.0. The summed E-state index contributed by atoms with van der Waals surface area (Å²) in [6.07, 6.45) is 4.34. The highest BCUT2D eigenvalue weighted by molar-refractivity contribution is 5.98. The Hall–Kier alpha value is -1.65. The first-order valence-electron chi connectivity index (χ1n) is 5.72. The van der Waals surface area contributed by atoms with Crippen LogP contribution in [0.25, 0.3) is 0 Å². The van der Waals surface area contributed by atoms with Gasteiger partial charge in [0.25, 0.3) is 0 Å². The summed E-state index contributed by atoms with van der Waals surface area (Å²) >= 11 is 0. The van der Waals surface area contributed by atoms with Crippen molar-refractivity contribution >= 4 is 11.8 Å². The van der Waals surface area contributed by atoms with Crippen LogP contribution in [0.15, 0.2) is 12.4 Å². The molecule has 0 saturated heterocycles. The van der Waals surface area contributed by atoms with Crippen molar-refractivity contribution in [3.05, 3.63) is 18.0 Å². The van der Waals surface area contributed by atoms with E-state index in [4.69, 9.17) is 0 Å². The second-order valence-corrected chi connectivity index (χ2v) is 4.04. The minimum atomic E-state index is -0.373. The van der Waals surface area contributed by atoms with Gasteiger partial charge in [-0.25, -0.2) is 0 Å². The molecule has 0 aliphatic heterocycles. The molecule has 0 aromatic carbocycles. The van der Waals surface area contributed by atoms with Crippen LogP contribution < -0.4 is 0 Å². The standard InChI is InChI=1S/C12H18N2O3/c1-4-5-14-8-10(7-13-14)12(16)9(2)6-11(15)17-3/h7-9H,4-6H2,1-3H3. The quantitative estimate of drug-likeness (QED) is 0.558. The van der Waals surface area contributed by atoms with Gasteiger partial charge in [-0.05, 0) is 6.42 Å². The van der Waals surface area contributed by atoms with Crippen LogP contribution in [0.1, 0.15) is 37.0 Å². The van der Waals surface area contributed by atoms with Crippen molar-refractivity contribution in [3.8, 4) is 0 Å². The summed E-state index contributed by atoms with van der Waals surface area (Å²) in [7, 11) is 1.32. The van der Waals surface area contributed by atoms with Gasteiger partial charge in [0.2, 0.25) is 0 Å². The van der Waals surface area contributed by atoms with Gasteiger partial charge < -0.3 is 4.74 Å². The van der Waals surface area contributed by atoms with Gasteiger partial charge in [0.05, 0.1) is 25.3 Å².